The smallest absolute Gasteiger partial charge is 0.126 e. The van der Waals surface area contributed by atoms with Gasteiger partial charge in [-0.1, -0.05) is 11.6 Å². The van der Waals surface area contributed by atoms with Crippen LogP contribution in [0.1, 0.15) is 5.01 Å². The summed E-state index contributed by atoms with van der Waals surface area (Å²) in [5, 5.41) is 2.79. The average molecular weight is 244 g/mol. The Bertz CT molecular complexity index is 449. The predicted molar refractivity (Wildman–Crippen MR) is 60.2 cm³/mol. The third kappa shape index (κ3) is 2.03. The second-order valence-corrected chi connectivity index (χ2v) is 5.26. The summed E-state index contributed by atoms with van der Waals surface area (Å²) in [5.74, 6) is 0. The van der Waals surface area contributed by atoms with E-state index in [4.69, 9.17) is 11.6 Å². The van der Waals surface area contributed by atoms with Crippen LogP contribution >= 0.6 is 34.3 Å². The lowest BCUT2D eigenvalue weighted by Gasteiger charge is -1.86. The largest absolute Gasteiger partial charge is 0.303 e. The summed E-state index contributed by atoms with van der Waals surface area (Å²) in [5.41, 5.74) is 0.906. The van der Waals surface area contributed by atoms with E-state index in [0.717, 1.165) is 26.2 Å². The number of nitrogens with zero attached hydrogens (tertiary/aromatic N) is 1. The van der Waals surface area contributed by atoms with E-state index in [-0.39, 0.29) is 0 Å². The van der Waals surface area contributed by atoms with Gasteiger partial charge in [0.15, 0.2) is 0 Å². The van der Waals surface area contributed by atoms with Crippen molar-refractivity contribution in [1.29, 1.82) is 0 Å². The maximum atomic E-state index is 10.3. The van der Waals surface area contributed by atoms with Crippen LogP contribution in [0.4, 0.5) is 0 Å². The molecule has 0 atom stereocenters. The average Bonchev–Trinajstić information content (AvgIpc) is 2.74. The van der Waals surface area contributed by atoms with Gasteiger partial charge in [-0.25, -0.2) is 4.98 Å². The normalized spacial score (nSPS) is 10.4. The van der Waals surface area contributed by atoms with Gasteiger partial charge in [-0.2, -0.15) is 0 Å². The van der Waals surface area contributed by atoms with E-state index < -0.39 is 0 Å². The molecule has 0 radical (unpaired) electrons. The van der Waals surface area contributed by atoms with E-state index in [1.54, 1.807) is 0 Å². The summed E-state index contributed by atoms with van der Waals surface area (Å²) in [6, 6.07) is 3.78. The highest BCUT2D eigenvalue weighted by Crippen LogP contribution is 2.31. The molecule has 0 aliphatic rings. The van der Waals surface area contributed by atoms with Gasteiger partial charge in [0, 0.05) is 5.38 Å². The fourth-order valence-corrected chi connectivity index (χ4v) is 2.86. The third-order valence-electron chi connectivity index (χ3n) is 1.64. The van der Waals surface area contributed by atoms with Gasteiger partial charge in [0.25, 0.3) is 0 Å². The fraction of sp³-hybridized carbons (Fsp3) is 0.111. The molecule has 2 aromatic rings. The summed E-state index contributed by atoms with van der Waals surface area (Å²) in [6.07, 6.45) is 1.26. The molecule has 2 aromatic heterocycles. The number of carbonyl (C=O) groups excluding carboxylic acids is 1. The molecular weight excluding hydrogens is 238 g/mol. The number of rotatable bonds is 3. The molecule has 0 spiro atoms. The number of thiophene rings is 1. The van der Waals surface area contributed by atoms with Gasteiger partial charge in [0.2, 0.25) is 0 Å². The van der Waals surface area contributed by atoms with Crippen molar-refractivity contribution in [2.75, 3.05) is 0 Å². The quantitative estimate of drug-likeness (QED) is 0.775. The summed E-state index contributed by atoms with van der Waals surface area (Å²) in [4.78, 5) is 15.6. The SMILES string of the molecule is O=CCc1nc(-c2ccc(Cl)s2)cs1. The Morgan fingerprint density at radius 1 is 1.50 bits per heavy atom. The highest BCUT2D eigenvalue weighted by atomic mass is 35.5. The van der Waals surface area contributed by atoms with E-state index in [1.807, 2.05) is 17.5 Å². The molecule has 0 N–H and O–H groups in total. The first-order chi connectivity index (χ1) is 6.79. The number of hydrogen-bond acceptors (Lipinski definition) is 4. The first-order valence-electron chi connectivity index (χ1n) is 3.93. The Kier molecular flexibility index (Phi) is 2.96. The van der Waals surface area contributed by atoms with Crippen LogP contribution in [-0.2, 0) is 11.2 Å². The topological polar surface area (TPSA) is 30.0 Å². The van der Waals surface area contributed by atoms with Gasteiger partial charge in [0.05, 0.1) is 21.3 Å². The number of halogens is 1. The second kappa shape index (κ2) is 4.21. The second-order valence-electron chi connectivity index (χ2n) is 2.60. The molecule has 0 unspecified atom stereocenters. The van der Waals surface area contributed by atoms with Crippen LogP contribution in [0.5, 0.6) is 0 Å². The molecule has 5 heteroatoms. The Balaban J connectivity index is 2.28. The standard InChI is InChI=1S/C9H6ClNOS2/c10-8-2-1-7(14-8)6-5-13-9(11-6)3-4-12/h1-2,4-5H,3H2. The van der Waals surface area contributed by atoms with Gasteiger partial charge in [-0.15, -0.1) is 22.7 Å². The maximum absolute atomic E-state index is 10.3. The van der Waals surface area contributed by atoms with Crippen molar-refractivity contribution in [2.24, 2.45) is 0 Å². The van der Waals surface area contributed by atoms with E-state index in [2.05, 4.69) is 4.98 Å². The monoisotopic (exact) mass is 243 g/mol. The minimum atomic E-state index is 0.393. The maximum Gasteiger partial charge on any atom is 0.126 e. The zero-order valence-corrected chi connectivity index (χ0v) is 9.46. The zero-order valence-electron chi connectivity index (χ0n) is 7.07. The molecule has 72 valence electrons. The van der Waals surface area contributed by atoms with Gasteiger partial charge >= 0.3 is 0 Å². The minimum absolute atomic E-state index is 0.393. The van der Waals surface area contributed by atoms with Crippen LogP contribution < -0.4 is 0 Å². The molecule has 2 heterocycles. The lowest BCUT2D eigenvalue weighted by atomic mass is 10.4. The van der Waals surface area contributed by atoms with Crippen LogP contribution in [0.15, 0.2) is 17.5 Å². The predicted octanol–water partition coefficient (Wildman–Crippen LogP) is 3.27. The molecule has 0 amide bonds. The molecular formula is C9H6ClNOS2. The molecule has 2 nitrogen and oxygen atoms in total. The van der Waals surface area contributed by atoms with E-state index in [9.17, 15) is 4.79 Å². The third-order valence-corrected chi connectivity index (χ3v) is 3.76. The molecule has 0 aliphatic heterocycles. The molecule has 0 aromatic carbocycles. The first kappa shape index (κ1) is 9.83. The van der Waals surface area contributed by atoms with Gasteiger partial charge in [0.1, 0.15) is 11.3 Å². The highest BCUT2D eigenvalue weighted by Gasteiger charge is 2.06. The van der Waals surface area contributed by atoms with Crippen LogP contribution in [0.2, 0.25) is 4.34 Å². The van der Waals surface area contributed by atoms with E-state index in [1.165, 1.54) is 22.7 Å². The number of carbonyl (C=O) groups is 1. The van der Waals surface area contributed by atoms with Gasteiger partial charge < -0.3 is 4.79 Å². The Morgan fingerprint density at radius 2 is 2.36 bits per heavy atom. The Labute approximate surface area is 94.2 Å². The van der Waals surface area contributed by atoms with Crippen molar-refractivity contribution in [1.82, 2.24) is 4.98 Å². The Morgan fingerprint density at radius 3 is 3.00 bits per heavy atom. The van der Waals surface area contributed by atoms with Gasteiger partial charge in [-0.05, 0) is 12.1 Å². The first-order valence-corrected chi connectivity index (χ1v) is 6.01. The van der Waals surface area contributed by atoms with Crippen molar-refractivity contribution < 1.29 is 4.79 Å². The summed E-state index contributed by atoms with van der Waals surface area (Å²) in [6.45, 7) is 0. The fourth-order valence-electron chi connectivity index (χ4n) is 1.04. The minimum Gasteiger partial charge on any atom is -0.303 e. The van der Waals surface area contributed by atoms with Crippen molar-refractivity contribution in [2.45, 2.75) is 6.42 Å². The molecule has 0 saturated carbocycles. The van der Waals surface area contributed by atoms with Crippen LogP contribution in [0.3, 0.4) is 0 Å². The summed E-state index contributed by atoms with van der Waals surface area (Å²) in [7, 11) is 0. The summed E-state index contributed by atoms with van der Waals surface area (Å²) >= 11 is 8.81. The molecule has 14 heavy (non-hydrogen) atoms. The molecule has 2 rings (SSSR count). The van der Waals surface area contributed by atoms with E-state index in [0.29, 0.717) is 6.42 Å². The van der Waals surface area contributed by atoms with Crippen LogP contribution in [-0.4, -0.2) is 11.3 Å². The van der Waals surface area contributed by atoms with Crippen molar-refractivity contribution in [3.8, 4) is 10.6 Å². The van der Waals surface area contributed by atoms with Crippen molar-refractivity contribution in [3.05, 3.63) is 26.9 Å². The Hall–Kier alpha value is -0.710. The van der Waals surface area contributed by atoms with Crippen LogP contribution in [0, 0.1) is 0 Å². The number of aldehydes is 1. The molecule has 0 bridgehead atoms. The zero-order chi connectivity index (χ0) is 9.97. The number of hydrogen-bond donors (Lipinski definition) is 0. The number of aromatic nitrogens is 1. The van der Waals surface area contributed by atoms with Gasteiger partial charge in [-0.3, -0.25) is 0 Å². The molecule has 0 aliphatic carbocycles. The van der Waals surface area contributed by atoms with E-state index >= 15 is 0 Å². The molecule has 0 fully saturated rings. The lowest BCUT2D eigenvalue weighted by molar-refractivity contribution is -0.107. The van der Waals surface area contributed by atoms with Crippen molar-refractivity contribution in [3.63, 3.8) is 0 Å². The van der Waals surface area contributed by atoms with Crippen LogP contribution in [0.25, 0.3) is 10.6 Å². The van der Waals surface area contributed by atoms with Crippen molar-refractivity contribution >= 4 is 40.6 Å². The highest BCUT2D eigenvalue weighted by molar-refractivity contribution is 7.19. The summed E-state index contributed by atoms with van der Waals surface area (Å²) < 4.78 is 0.755. The number of thiazole rings is 1. The molecule has 0 saturated heterocycles. The lowest BCUT2D eigenvalue weighted by Crippen LogP contribution is -1.83.